The van der Waals surface area contributed by atoms with Gasteiger partial charge in [0.1, 0.15) is 5.41 Å². The second-order valence-corrected chi connectivity index (χ2v) is 7.76. The summed E-state index contributed by atoms with van der Waals surface area (Å²) in [7, 11) is 0. The molecule has 0 aromatic carbocycles. The van der Waals surface area contributed by atoms with Crippen molar-refractivity contribution in [2.45, 2.75) is 64.2 Å². The van der Waals surface area contributed by atoms with Crippen molar-refractivity contribution in [3.8, 4) is 6.07 Å². The largest absolute Gasteiger partial charge is 0.339 e. The van der Waals surface area contributed by atoms with Crippen molar-refractivity contribution < 1.29 is 9.59 Å². The van der Waals surface area contributed by atoms with Crippen molar-refractivity contribution in [3.05, 3.63) is 0 Å². The Kier molecular flexibility index (Phi) is 5.43. The lowest BCUT2D eigenvalue weighted by molar-refractivity contribution is -0.144. The van der Waals surface area contributed by atoms with Gasteiger partial charge in [0.25, 0.3) is 0 Å². The van der Waals surface area contributed by atoms with E-state index in [0.717, 1.165) is 25.2 Å². The smallest absolute Gasteiger partial charge is 0.243 e. The molecule has 2 saturated carbocycles. The fourth-order valence-electron chi connectivity index (χ4n) is 4.60. The van der Waals surface area contributed by atoms with Gasteiger partial charge >= 0.3 is 0 Å². The highest BCUT2D eigenvalue weighted by Gasteiger charge is 2.44. The summed E-state index contributed by atoms with van der Waals surface area (Å²) >= 11 is 0. The van der Waals surface area contributed by atoms with E-state index in [1.807, 2.05) is 9.80 Å². The highest BCUT2D eigenvalue weighted by atomic mass is 16.2. The predicted octanol–water partition coefficient (Wildman–Crippen LogP) is 2.71. The average Bonchev–Trinajstić information content (AvgIpc) is 3.31. The zero-order valence-corrected chi connectivity index (χ0v) is 14.6. The molecule has 0 atom stereocenters. The van der Waals surface area contributed by atoms with Gasteiger partial charge in [0, 0.05) is 32.6 Å². The third-order valence-corrected chi connectivity index (χ3v) is 6.24. The molecule has 1 aliphatic heterocycles. The first-order valence-electron chi connectivity index (χ1n) is 9.63. The van der Waals surface area contributed by atoms with E-state index in [2.05, 4.69) is 6.07 Å². The van der Waals surface area contributed by atoms with Crippen LogP contribution in [0.5, 0.6) is 0 Å². The number of rotatable bonds is 4. The van der Waals surface area contributed by atoms with Crippen LogP contribution in [0.3, 0.4) is 0 Å². The Balaban J connectivity index is 1.45. The van der Waals surface area contributed by atoms with E-state index in [1.165, 1.54) is 25.7 Å². The summed E-state index contributed by atoms with van der Waals surface area (Å²) in [4.78, 5) is 28.8. The Hall–Kier alpha value is -1.57. The zero-order chi connectivity index (χ0) is 17.0. The molecule has 2 amide bonds. The maximum Gasteiger partial charge on any atom is 0.243 e. The number of hydrogen-bond donors (Lipinski definition) is 0. The van der Waals surface area contributed by atoms with Crippen LogP contribution in [0.25, 0.3) is 0 Å². The summed E-state index contributed by atoms with van der Waals surface area (Å²) in [5, 5.41) is 9.47. The molecule has 3 rings (SSSR count). The summed E-state index contributed by atoms with van der Waals surface area (Å²) in [5.41, 5.74) is -0.783. The third-order valence-electron chi connectivity index (χ3n) is 6.24. The normalized spacial score (nSPS) is 24.1. The Morgan fingerprint density at radius 2 is 1.54 bits per heavy atom. The Bertz CT molecular complexity index is 505. The molecule has 5 nitrogen and oxygen atoms in total. The molecule has 3 aliphatic rings. The molecule has 24 heavy (non-hydrogen) atoms. The van der Waals surface area contributed by atoms with E-state index < -0.39 is 5.41 Å². The molecular formula is C19H29N3O2. The van der Waals surface area contributed by atoms with Crippen LogP contribution in [0.1, 0.15) is 64.2 Å². The van der Waals surface area contributed by atoms with E-state index >= 15 is 0 Å². The number of carbonyl (C=O) groups excluding carboxylic acids is 2. The lowest BCUT2D eigenvalue weighted by atomic mass is 9.86. The van der Waals surface area contributed by atoms with Crippen molar-refractivity contribution >= 4 is 11.8 Å². The predicted molar refractivity (Wildman–Crippen MR) is 90.9 cm³/mol. The summed E-state index contributed by atoms with van der Waals surface area (Å²) in [5.74, 6) is 0.986. The maximum atomic E-state index is 12.7. The van der Waals surface area contributed by atoms with Crippen LogP contribution in [0.4, 0.5) is 0 Å². The minimum absolute atomic E-state index is 0.000514. The molecule has 0 aromatic heterocycles. The topological polar surface area (TPSA) is 64.4 Å². The van der Waals surface area contributed by atoms with Crippen molar-refractivity contribution in [3.63, 3.8) is 0 Å². The Labute approximate surface area is 145 Å². The van der Waals surface area contributed by atoms with Gasteiger partial charge in [0.05, 0.1) is 6.07 Å². The molecular weight excluding hydrogens is 302 g/mol. The summed E-state index contributed by atoms with van der Waals surface area (Å²) in [6, 6.07) is 2.29. The quantitative estimate of drug-likeness (QED) is 0.795. The molecule has 3 fully saturated rings. The molecule has 0 unspecified atom stereocenters. The molecule has 0 N–H and O–H groups in total. The SMILES string of the molecule is N#CC1(C(=O)N2CCN(C(=O)CCC3CCCC3)CC2)CCCC1. The fraction of sp³-hybridized carbons (Fsp3) is 0.842. The van der Waals surface area contributed by atoms with Gasteiger partial charge in [-0.05, 0) is 25.2 Å². The second-order valence-electron chi connectivity index (χ2n) is 7.76. The molecule has 1 saturated heterocycles. The van der Waals surface area contributed by atoms with E-state index in [1.54, 1.807) is 0 Å². The zero-order valence-electron chi connectivity index (χ0n) is 14.6. The Morgan fingerprint density at radius 3 is 2.12 bits per heavy atom. The van der Waals surface area contributed by atoms with Crippen molar-refractivity contribution in [1.82, 2.24) is 9.80 Å². The Morgan fingerprint density at radius 1 is 0.958 bits per heavy atom. The summed E-state index contributed by atoms with van der Waals surface area (Å²) in [6.45, 7) is 2.41. The van der Waals surface area contributed by atoms with Gasteiger partial charge in [-0.1, -0.05) is 38.5 Å². The summed E-state index contributed by atoms with van der Waals surface area (Å²) < 4.78 is 0. The molecule has 2 aliphatic carbocycles. The van der Waals surface area contributed by atoms with Gasteiger partial charge in [0.2, 0.25) is 11.8 Å². The molecule has 0 aromatic rings. The van der Waals surface area contributed by atoms with Gasteiger partial charge in [-0.3, -0.25) is 9.59 Å². The minimum atomic E-state index is -0.783. The van der Waals surface area contributed by atoms with Crippen LogP contribution < -0.4 is 0 Å². The third kappa shape index (κ3) is 3.58. The number of carbonyl (C=O) groups is 2. The van der Waals surface area contributed by atoms with Crippen LogP contribution in [0.15, 0.2) is 0 Å². The first-order chi connectivity index (χ1) is 11.6. The number of amides is 2. The molecule has 0 spiro atoms. The van der Waals surface area contributed by atoms with E-state index in [-0.39, 0.29) is 11.8 Å². The molecule has 5 heteroatoms. The molecule has 1 heterocycles. The van der Waals surface area contributed by atoms with E-state index in [0.29, 0.717) is 45.4 Å². The van der Waals surface area contributed by atoms with Gasteiger partial charge in [-0.2, -0.15) is 5.26 Å². The summed E-state index contributed by atoms with van der Waals surface area (Å²) in [6.07, 6.45) is 10.2. The fourth-order valence-corrected chi connectivity index (χ4v) is 4.60. The van der Waals surface area contributed by atoms with E-state index in [9.17, 15) is 14.9 Å². The first kappa shape index (κ1) is 17.3. The van der Waals surface area contributed by atoms with Crippen LogP contribution in [-0.2, 0) is 9.59 Å². The second kappa shape index (κ2) is 7.55. The molecule has 0 bridgehead atoms. The maximum absolute atomic E-state index is 12.7. The van der Waals surface area contributed by atoms with Gasteiger partial charge in [-0.15, -0.1) is 0 Å². The molecule has 132 valence electrons. The van der Waals surface area contributed by atoms with Crippen LogP contribution in [0, 0.1) is 22.7 Å². The minimum Gasteiger partial charge on any atom is -0.339 e. The standard InChI is InChI=1S/C19H29N3O2/c20-15-19(9-3-4-10-19)18(24)22-13-11-21(12-14-22)17(23)8-7-16-5-1-2-6-16/h16H,1-14H2. The number of nitrogens with zero attached hydrogens (tertiary/aromatic N) is 3. The van der Waals surface area contributed by atoms with E-state index in [4.69, 9.17) is 0 Å². The number of hydrogen-bond acceptors (Lipinski definition) is 3. The van der Waals surface area contributed by atoms with Crippen molar-refractivity contribution in [2.75, 3.05) is 26.2 Å². The highest BCUT2D eigenvalue weighted by molar-refractivity contribution is 5.86. The lowest BCUT2D eigenvalue weighted by Crippen LogP contribution is -2.53. The van der Waals surface area contributed by atoms with Crippen molar-refractivity contribution in [2.24, 2.45) is 11.3 Å². The van der Waals surface area contributed by atoms with Crippen LogP contribution in [0.2, 0.25) is 0 Å². The van der Waals surface area contributed by atoms with Crippen molar-refractivity contribution in [1.29, 1.82) is 5.26 Å². The van der Waals surface area contributed by atoms with Crippen LogP contribution in [-0.4, -0.2) is 47.8 Å². The number of nitriles is 1. The van der Waals surface area contributed by atoms with Gasteiger partial charge in [-0.25, -0.2) is 0 Å². The highest BCUT2D eigenvalue weighted by Crippen LogP contribution is 2.39. The first-order valence-corrected chi connectivity index (χ1v) is 9.63. The monoisotopic (exact) mass is 331 g/mol. The number of piperazine rings is 1. The van der Waals surface area contributed by atoms with Crippen LogP contribution >= 0.6 is 0 Å². The lowest BCUT2D eigenvalue weighted by Gasteiger charge is -2.37. The molecule has 0 radical (unpaired) electrons. The van der Waals surface area contributed by atoms with Gasteiger partial charge < -0.3 is 9.80 Å². The van der Waals surface area contributed by atoms with Gasteiger partial charge in [0.15, 0.2) is 0 Å². The average molecular weight is 331 g/mol.